The van der Waals surface area contributed by atoms with Gasteiger partial charge < -0.3 is 0 Å². The maximum absolute atomic E-state index is 13.0. The fourth-order valence-corrected chi connectivity index (χ4v) is 3.67. The number of hydrogen-bond acceptors (Lipinski definition) is 3. The highest BCUT2D eigenvalue weighted by Crippen LogP contribution is 2.24. The van der Waals surface area contributed by atoms with E-state index in [1.807, 2.05) is 6.92 Å². The maximum Gasteiger partial charge on any atom is 0.264 e. The van der Waals surface area contributed by atoms with Crippen LogP contribution in [-0.2, 0) is 21.2 Å². The fourth-order valence-electron chi connectivity index (χ4n) is 2.06. The number of carbonyl (C=O) groups excluding carboxylic acids is 1. The van der Waals surface area contributed by atoms with Crippen LogP contribution in [0.5, 0.6) is 0 Å². The standard InChI is InChI=1S/C16H15ClFNO3S/c1-2-12-3-7-14(8-4-12)19(11-16(17)20)23(21,22)15-9-5-13(18)6-10-15/h3-10H,2,11H2,1H3. The normalized spacial score (nSPS) is 11.3. The minimum Gasteiger partial charge on any atom is -0.279 e. The maximum atomic E-state index is 13.0. The first kappa shape index (κ1) is 17.4. The lowest BCUT2D eigenvalue weighted by Gasteiger charge is -2.23. The molecule has 2 rings (SSSR count). The van der Waals surface area contributed by atoms with Crippen LogP contribution < -0.4 is 4.31 Å². The van der Waals surface area contributed by atoms with E-state index in [-0.39, 0.29) is 4.90 Å². The number of rotatable bonds is 6. The van der Waals surface area contributed by atoms with Crippen molar-refractivity contribution in [2.45, 2.75) is 18.2 Å². The Bertz CT molecular complexity index is 789. The second-order valence-corrected chi connectivity index (χ2v) is 7.12. The summed E-state index contributed by atoms with van der Waals surface area (Å²) in [5, 5.41) is -0.810. The predicted octanol–water partition coefficient (Wildman–Crippen LogP) is 3.35. The summed E-state index contributed by atoms with van der Waals surface area (Å²) in [6.07, 6.45) is 0.805. The molecule has 0 aliphatic carbocycles. The molecule has 0 aliphatic heterocycles. The summed E-state index contributed by atoms with van der Waals surface area (Å²) in [5.74, 6) is -0.545. The molecule has 4 nitrogen and oxygen atoms in total. The third-order valence-electron chi connectivity index (χ3n) is 3.30. The van der Waals surface area contributed by atoms with Gasteiger partial charge in [-0.15, -0.1) is 0 Å². The van der Waals surface area contributed by atoms with Crippen molar-refractivity contribution in [2.75, 3.05) is 10.8 Å². The Morgan fingerprint density at radius 2 is 1.65 bits per heavy atom. The summed E-state index contributed by atoms with van der Waals surface area (Å²) < 4.78 is 39.4. The molecule has 0 amide bonds. The number of aryl methyl sites for hydroxylation is 1. The number of anilines is 1. The van der Waals surface area contributed by atoms with E-state index in [9.17, 15) is 17.6 Å². The Morgan fingerprint density at radius 3 is 2.13 bits per heavy atom. The summed E-state index contributed by atoms with van der Waals surface area (Å²) >= 11 is 5.39. The van der Waals surface area contributed by atoms with Crippen LogP contribution in [0.1, 0.15) is 12.5 Å². The molecule has 7 heteroatoms. The first-order chi connectivity index (χ1) is 10.8. The molecule has 0 spiro atoms. The van der Waals surface area contributed by atoms with Crippen molar-refractivity contribution in [1.82, 2.24) is 0 Å². The molecule has 0 aliphatic rings. The number of halogens is 2. The number of sulfonamides is 1. The van der Waals surface area contributed by atoms with E-state index in [4.69, 9.17) is 11.6 Å². The lowest BCUT2D eigenvalue weighted by atomic mass is 10.1. The third kappa shape index (κ3) is 4.09. The van der Waals surface area contributed by atoms with E-state index < -0.39 is 27.6 Å². The smallest absolute Gasteiger partial charge is 0.264 e. The quantitative estimate of drug-likeness (QED) is 0.747. The van der Waals surface area contributed by atoms with E-state index in [0.717, 1.165) is 40.6 Å². The van der Waals surface area contributed by atoms with E-state index in [1.54, 1.807) is 24.3 Å². The van der Waals surface area contributed by atoms with Gasteiger partial charge in [-0.25, -0.2) is 12.8 Å². The summed E-state index contributed by atoms with van der Waals surface area (Å²) in [5.41, 5.74) is 1.35. The molecular weight excluding hydrogens is 341 g/mol. The highest BCUT2D eigenvalue weighted by molar-refractivity contribution is 7.92. The Balaban J connectivity index is 2.48. The summed E-state index contributed by atoms with van der Waals surface area (Å²) in [6, 6.07) is 11.2. The minimum atomic E-state index is -4.02. The average Bonchev–Trinajstić information content (AvgIpc) is 2.53. The highest BCUT2D eigenvalue weighted by atomic mass is 35.5. The molecule has 0 fully saturated rings. The SMILES string of the molecule is CCc1ccc(N(CC(=O)Cl)S(=O)(=O)c2ccc(F)cc2)cc1. The second kappa shape index (κ2) is 7.10. The zero-order chi connectivity index (χ0) is 17.0. The molecule has 2 aromatic rings. The van der Waals surface area contributed by atoms with Gasteiger partial charge in [-0.3, -0.25) is 9.10 Å². The second-order valence-electron chi connectivity index (χ2n) is 4.84. The van der Waals surface area contributed by atoms with Crippen LogP contribution in [0.2, 0.25) is 0 Å². The summed E-state index contributed by atoms with van der Waals surface area (Å²) in [7, 11) is -4.02. The molecule has 0 radical (unpaired) electrons. The van der Waals surface area contributed by atoms with Gasteiger partial charge in [0.1, 0.15) is 12.4 Å². The van der Waals surface area contributed by atoms with E-state index in [1.165, 1.54) is 0 Å². The number of nitrogens with zero attached hydrogens (tertiary/aromatic N) is 1. The van der Waals surface area contributed by atoms with Crippen molar-refractivity contribution in [3.63, 3.8) is 0 Å². The van der Waals surface area contributed by atoms with Gasteiger partial charge in [-0.2, -0.15) is 0 Å². The monoisotopic (exact) mass is 355 g/mol. The molecule has 0 N–H and O–H groups in total. The van der Waals surface area contributed by atoms with Crippen molar-refractivity contribution >= 4 is 32.6 Å². The fraction of sp³-hybridized carbons (Fsp3) is 0.188. The summed E-state index contributed by atoms with van der Waals surface area (Å²) in [4.78, 5) is 11.2. The molecule has 122 valence electrons. The zero-order valence-corrected chi connectivity index (χ0v) is 13.9. The van der Waals surface area contributed by atoms with E-state index in [0.29, 0.717) is 5.69 Å². The van der Waals surface area contributed by atoms with Crippen LogP contribution >= 0.6 is 11.6 Å². The molecule has 0 heterocycles. The van der Waals surface area contributed by atoms with Crippen molar-refractivity contribution in [2.24, 2.45) is 0 Å². The Morgan fingerprint density at radius 1 is 1.09 bits per heavy atom. The van der Waals surface area contributed by atoms with Crippen molar-refractivity contribution in [3.8, 4) is 0 Å². The Labute approximate surface area is 139 Å². The lowest BCUT2D eigenvalue weighted by molar-refractivity contribution is -0.110. The van der Waals surface area contributed by atoms with Crippen molar-refractivity contribution in [3.05, 3.63) is 59.9 Å². The molecule has 0 atom stereocenters. The lowest BCUT2D eigenvalue weighted by Crippen LogP contribution is -2.34. The molecule has 0 bridgehead atoms. The van der Waals surface area contributed by atoms with E-state index >= 15 is 0 Å². The number of hydrogen-bond donors (Lipinski definition) is 0. The molecule has 0 saturated carbocycles. The molecule has 0 aromatic heterocycles. The van der Waals surface area contributed by atoms with Crippen LogP contribution in [0.4, 0.5) is 10.1 Å². The van der Waals surface area contributed by atoms with Crippen molar-refractivity contribution in [1.29, 1.82) is 0 Å². The van der Waals surface area contributed by atoms with E-state index in [2.05, 4.69) is 0 Å². The molecule has 0 unspecified atom stereocenters. The van der Waals surface area contributed by atoms with Gasteiger partial charge in [0.25, 0.3) is 10.0 Å². The highest BCUT2D eigenvalue weighted by Gasteiger charge is 2.26. The van der Waals surface area contributed by atoms with Gasteiger partial charge >= 0.3 is 0 Å². The van der Waals surface area contributed by atoms with Gasteiger partial charge in [0, 0.05) is 0 Å². The van der Waals surface area contributed by atoms with Gasteiger partial charge in [0.15, 0.2) is 0 Å². The number of benzene rings is 2. The minimum absolute atomic E-state index is 0.114. The molecule has 2 aromatic carbocycles. The van der Waals surface area contributed by atoms with Crippen LogP contribution in [0.25, 0.3) is 0 Å². The molecular formula is C16H15ClFNO3S. The topological polar surface area (TPSA) is 54.5 Å². The predicted molar refractivity (Wildman–Crippen MR) is 87.6 cm³/mol. The zero-order valence-electron chi connectivity index (χ0n) is 12.4. The van der Waals surface area contributed by atoms with Gasteiger partial charge in [-0.05, 0) is 60.0 Å². The van der Waals surface area contributed by atoms with Gasteiger partial charge in [0.05, 0.1) is 10.6 Å². The molecule has 0 saturated heterocycles. The Hall–Kier alpha value is -1.92. The van der Waals surface area contributed by atoms with Crippen LogP contribution in [0, 0.1) is 5.82 Å². The van der Waals surface area contributed by atoms with Crippen LogP contribution in [0.3, 0.4) is 0 Å². The van der Waals surface area contributed by atoms with Gasteiger partial charge in [0.2, 0.25) is 5.24 Å². The summed E-state index contributed by atoms with van der Waals surface area (Å²) in [6.45, 7) is 1.47. The van der Waals surface area contributed by atoms with Crippen LogP contribution in [0.15, 0.2) is 53.4 Å². The third-order valence-corrected chi connectivity index (χ3v) is 5.21. The van der Waals surface area contributed by atoms with Crippen LogP contribution in [-0.4, -0.2) is 20.2 Å². The first-order valence-corrected chi connectivity index (χ1v) is 8.72. The largest absolute Gasteiger partial charge is 0.279 e. The first-order valence-electron chi connectivity index (χ1n) is 6.90. The Kier molecular flexibility index (Phi) is 5.38. The van der Waals surface area contributed by atoms with Crippen molar-refractivity contribution < 1.29 is 17.6 Å². The number of carbonyl (C=O) groups is 1. The molecule has 23 heavy (non-hydrogen) atoms. The van der Waals surface area contributed by atoms with Gasteiger partial charge in [-0.1, -0.05) is 19.1 Å². The average molecular weight is 356 g/mol.